The maximum atomic E-state index is 13.1. The molecule has 1 unspecified atom stereocenters. The number of nitrogens with zero attached hydrogens (tertiary/aromatic N) is 1. The van der Waals surface area contributed by atoms with Crippen molar-refractivity contribution in [2.24, 2.45) is 0 Å². The highest BCUT2D eigenvalue weighted by atomic mass is 19.1. The molecule has 1 N–H and O–H groups in total. The van der Waals surface area contributed by atoms with Crippen LogP contribution < -0.4 is 0 Å². The van der Waals surface area contributed by atoms with Gasteiger partial charge in [-0.1, -0.05) is 12.1 Å². The zero-order chi connectivity index (χ0) is 14.3. The van der Waals surface area contributed by atoms with Crippen molar-refractivity contribution in [1.29, 1.82) is 0 Å². The van der Waals surface area contributed by atoms with E-state index in [9.17, 15) is 9.50 Å². The van der Waals surface area contributed by atoms with Gasteiger partial charge in [0.25, 0.3) is 0 Å². The first-order valence-corrected chi connectivity index (χ1v) is 6.71. The Morgan fingerprint density at radius 3 is 2.63 bits per heavy atom. The third kappa shape index (κ3) is 5.68. The molecule has 0 amide bonds. The van der Waals surface area contributed by atoms with Gasteiger partial charge in [0.2, 0.25) is 0 Å². The molecule has 0 aliphatic rings. The van der Waals surface area contributed by atoms with Gasteiger partial charge >= 0.3 is 0 Å². The summed E-state index contributed by atoms with van der Waals surface area (Å²) in [6.07, 6.45) is -0.0368. The molecule has 108 valence electrons. The molecule has 0 fully saturated rings. The summed E-state index contributed by atoms with van der Waals surface area (Å²) in [6.45, 7) is 6.51. The first-order valence-electron chi connectivity index (χ1n) is 6.71. The molecule has 0 heterocycles. The van der Waals surface area contributed by atoms with E-state index >= 15 is 0 Å². The topological polar surface area (TPSA) is 32.7 Å². The molecule has 0 aliphatic carbocycles. The minimum Gasteiger partial charge on any atom is -0.388 e. The van der Waals surface area contributed by atoms with Gasteiger partial charge in [0.15, 0.2) is 0 Å². The number of aliphatic hydroxyl groups is 1. The average Bonchev–Trinajstić information content (AvgIpc) is 2.38. The number of methoxy groups -OCH3 is 1. The summed E-state index contributed by atoms with van der Waals surface area (Å²) in [5, 5.41) is 10.1. The van der Waals surface area contributed by atoms with Crippen molar-refractivity contribution < 1.29 is 14.2 Å². The summed E-state index contributed by atoms with van der Waals surface area (Å²) in [5.74, 6) is -0.309. The third-order valence-corrected chi connectivity index (χ3v) is 3.24. The zero-order valence-corrected chi connectivity index (χ0v) is 12.0. The second-order valence-corrected chi connectivity index (χ2v) is 4.98. The van der Waals surface area contributed by atoms with Crippen LogP contribution in [0.2, 0.25) is 0 Å². The van der Waals surface area contributed by atoms with Gasteiger partial charge < -0.3 is 9.84 Å². The van der Waals surface area contributed by atoms with E-state index in [-0.39, 0.29) is 5.82 Å². The van der Waals surface area contributed by atoms with Crippen LogP contribution in [-0.2, 0) is 4.74 Å². The summed E-state index contributed by atoms with van der Waals surface area (Å²) < 4.78 is 18.2. The smallest absolute Gasteiger partial charge is 0.123 e. The molecule has 1 aromatic rings. The van der Waals surface area contributed by atoms with E-state index in [1.807, 2.05) is 0 Å². The van der Waals surface area contributed by atoms with Gasteiger partial charge in [-0.15, -0.1) is 0 Å². The fraction of sp³-hybridized carbons (Fsp3) is 0.600. The van der Waals surface area contributed by atoms with E-state index in [0.717, 1.165) is 13.1 Å². The third-order valence-electron chi connectivity index (χ3n) is 3.24. The number of rotatable bonds is 8. The molecule has 0 saturated carbocycles. The van der Waals surface area contributed by atoms with Crippen LogP contribution in [0.1, 0.15) is 31.9 Å². The van der Waals surface area contributed by atoms with Crippen LogP contribution in [0.5, 0.6) is 0 Å². The molecule has 0 saturated heterocycles. The Labute approximate surface area is 115 Å². The van der Waals surface area contributed by atoms with Crippen LogP contribution in [0.4, 0.5) is 4.39 Å². The molecule has 1 aromatic carbocycles. The van der Waals surface area contributed by atoms with Crippen molar-refractivity contribution in [2.75, 3.05) is 26.8 Å². The molecule has 0 aliphatic heterocycles. The second-order valence-electron chi connectivity index (χ2n) is 4.98. The van der Waals surface area contributed by atoms with Gasteiger partial charge in [0, 0.05) is 26.2 Å². The number of ether oxygens (including phenoxy) is 1. The van der Waals surface area contributed by atoms with Gasteiger partial charge in [-0.2, -0.15) is 0 Å². The Bertz CT molecular complexity index is 371. The Kier molecular flexibility index (Phi) is 6.99. The summed E-state index contributed by atoms with van der Waals surface area (Å²) >= 11 is 0. The lowest BCUT2D eigenvalue weighted by atomic mass is 10.1. The van der Waals surface area contributed by atoms with Crippen molar-refractivity contribution in [3.05, 3.63) is 35.6 Å². The minimum atomic E-state index is -0.625. The maximum Gasteiger partial charge on any atom is 0.123 e. The average molecular weight is 269 g/mol. The van der Waals surface area contributed by atoms with E-state index in [2.05, 4.69) is 18.7 Å². The molecular formula is C15H24FNO2. The van der Waals surface area contributed by atoms with Gasteiger partial charge in [-0.05, 0) is 38.0 Å². The number of hydrogen-bond acceptors (Lipinski definition) is 3. The molecule has 0 radical (unpaired) electrons. The summed E-state index contributed by atoms with van der Waals surface area (Å²) in [5.41, 5.74) is 0.635. The summed E-state index contributed by atoms with van der Waals surface area (Å²) in [6, 6.07) is 6.55. The maximum absolute atomic E-state index is 13.1. The first kappa shape index (κ1) is 16.1. The molecule has 4 heteroatoms. The predicted octanol–water partition coefficient (Wildman–Crippen LogP) is 2.61. The molecule has 0 aromatic heterocycles. The van der Waals surface area contributed by atoms with Gasteiger partial charge in [0.05, 0.1) is 12.7 Å². The van der Waals surface area contributed by atoms with Crippen molar-refractivity contribution >= 4 is 0 Å². The lowest BCUT2D eigenvalue weighted by Gasteiger charge is -2.27. The van der Waals surface area contributed by atoms with Crippen LogP contribution in [0.25, 0.3) is 0 Å². The van der Waals surface area contributed by atoms with Crippen LogP contribution in [0, 0.1) is 5.82 Å². The number of hydrogen-bond donors (Lipinski definition) is 1. The van der Waals surface area contributed by atoms with Crippen LogP contribution in [0.3, 0.4) is 0 Å². The highest BCUT2D eigenvalue weighted by Gasteiger charge is 2.13. The monoisotopic (exact) mass is 269 g/mol. The minimum absolute atomic E-state index is 0.309. The first-order chi connectivity index (χ1) is 9.04. The molecular weight excluding hydrogens is 245 g/mol. The van der Waals surface area contributed by atoms with Crippen molar-refractivity contribution in [2.45, 2.75) is 32.4 Å². The predicted molar refractivity (Wildman–Crippen MR) is 74.6 cm³/mol. The summed E-state index contributed by atoms with van der Waals surface area (Å²) in [4.78, 5) is 2.24. The van der Waals surface area contributed by atoms with Crippen molar-refractivity contribution in [3.63, 3.8) is 0 Å². The SMILES string of the molecule is COCCN(CCC(O)c1cccc(F)c1)C(C)C. The van der Waals surface area contributed by atoms with Crippen molar-refractivity contribution in [1.82, 2.24) is 4.90 Å². The normalized spacial score (nSPS) is 13.2. The van der Waals surface area contributed by atoms with Crippen LogP contribution >= 0.6 is 0 Å². The van der Waals surface area contributed by atoms with Crippen molar-refractivity contribution in [3.8, 4) is 0 Å². The fourth-order valence-corrected chi connectivity index (χ4v) is 2.01. The van der Waals surface area contributed by atoms with E-state index in [1.165, 1.54) is 12.1 Å². The van der Waals surface area contributed by atoms with Crippen LogP contribution in [0.15, 0.2) is 24.3 Å². The number of halogens is 1. The molecule has 0 spiro atoms. The fourth-order valence-electron chi connectivity index (χ4n) is 2.01. The van der Waals surface area contributed by atoms with E-state index < -0.39 is 6.10 Å². The molecule has 19 heavy (non-hydrogen) atoms. The van der Waals surface area contributed by atoms with E-state index in [1.54, 1.807) is 19.2 Å². The Balaban J connectivity index is 2.49. The van der Waals surface area contributed by atoms with Crippen LogP contribution in [-0.4, -0.2) is 42.9 Å². The standard InChI is InChI=1S/C15H24FNO2/c1-12(2)17(9-10-19-3)8-7-15(18)13-5-4-6-14(16)11-13/h4-6,11-12,15,18H,7-10H2,1-3H3. The van der Waals surface area contributed by atoms with Gasteiger partial charge in [-0.25, -0.2) is 4.39 Å². The Hall–Kier alpha value is -0.970. The molecule has 0 bridgehead atoms. The molecule has 1 rings (SSSR count). The highest BCUT2D eigenvalue weighted by Crippen LogP contribution is 2.18. The van der Waals surface area contributed by atoms with E-state index in [0.29, 0.717) is 24.6 Å². The lowest BCUT2D eigenvalue weighted by Crippen LogP contribution is -2.35. The number of aliphatic hydroxyl groups excluding tert-OH is 1. The molecule has 3 nitrogen and oxygen atoms in total. The molecule has 1 atom stereocenters. The Morgan fingerprint density at radius 1 is 1.32 bits per heavy atom. The second kappa shape index (κ2) is 8.25. The van der Waals surface area contributed by atoms with Gasteiger partial charge in [0.1, 0.15) is 5.82 Å². The lowest BCUT2D eigenvalue weighted by molar-refractivity contribution is 0.102. The van der Waals surface area contributed by atoms with E-state index in [4.69, 9.17) is 4.74 Å². The Morgan fingerprint density at radius 2 is 2.05 bits per heavy atom. The van der Waals surface area contributed by atoms with Gasteiger partial charge in [-0.3, -0.25) is 4.90 Å². The quantitative estimate of drug-likeness (QED) is 0.787. The summed E-state index contributed by atoms with van der Waals surface area (Å²) in [7, 11) is 1.68. The number of benzene rings is 1. The zero-order valence-electron chi connectivity index (χ0n) is 12.0. The largest absolute Gasteiger partial charge is 0.388 e. The highest BCUT2D eigenvalue weighted by molar-refractivity contribution is 5.18.